The maximum atomic E-state index is 12.2. The number of carbonyl (C=O) groups is 2. The van der Waals surface area contributed by atoms with Gasteiger partial charge in [0.15, 0.2) is 0 Å². The van der Waals surface area contributed by atoms with Gasteiger partial charge >= 0.3 is 12.1 Å². The number of nitriles is 5. The summed E-state index contributed by atoms with van der Waals surface area (Å²) >= 11 is 36.4. The Morgan fingerprint density at radius 2 is 0.640 bits per heavy atom. The van der Waals surface area contributed by atoms with Gasteiger partial charge in [-0.1, -0.05) is 160 Å². The summed E-state index contributed by atoms with van der Waals surface area (Å²) in [6, 6.07) is 75.4. The molecule has 15 aromatic rings. The average molecular weight is 2040 g/mol. The molecule has 720 valence electrons. The normalized spacial score (nSPS) is 11.2. The van der Waals surface area contributed by atoms with Gasteiger partial charge in [0.2, 0.25) is 30.1 Å². The first-order valence-electron chi connectivity index (χ1n) is 45.3. The molecule has 0 aliphatic carbocycles. The van der Waals surface area contributed by atoms with E-state index in [4.69, 9.17) is 69.6 Å². The second-order valence-corrected chi connectivity index (χ2v) is 41.5. The number of sulfonamides is 3. The summed E-state index contributed by atoms with van der Waals surface area (Å²) in [7, 11) is -10.2. The number of rotatable bonds is 30. The number of nitrogens with zero attached hydrogens (tertiary/aromatic N) is 10. The molecule has 34 heteroatoms. The summed E-state index contributed by atoms with van der Waals surface area (Å²) in [4.78, 5) is 23.6. The fourth-order valence-corrected chi connectivity index (χ4v) is 19.7. The fraction of sp³-hybridized carbons (Fsp3) is 0.267. The molecule has 0 bridgehead atoms. The monoisotopic (exact) mass is 2040 g/mol. The number of aryl methyl sites for hydroxylation is 5. The quantitative estimate of drug-likeness (QED) is 0.0206. The maximum Gasteiger partial charge on any atom is 0.319 e. The summed E-state index contributed by atoms with van der Waals surface area (Å²) in [5.74, 6) is 1.29. The molecule has 7 N–H and O–H groups in total. The fourth-order valence-electron chi connectivity index (χ4n) is 16.2. The van der Waals surface area contributed by atoms with Crippen LogP contribution in [0.25, 0.3) is 111 Å². The molecule has 139 heavy (non-hydrogen) atoms. The van der Waals surface area contributed by atoms with E-state index in [0.717, 1.165) is 169 Å². The largest absolute Gasteiger partial charge is 0.340 e. The molecular formula is C105H107Cl6N17O8S3. The maximum absolute atomic E-state index is 12.2. The van der Waals surface area contributed by atoms with Crippen LogP contribution >= 0.6 is 69.6 Å². The predicted molar refractivity (Wildman–Crippen MR) is 570 cm³/mol. The lowest BCUT2D eigenvalue weighted by Crippen LogP contribution is -2.29. The van der Waals surface area contributed by atoms with E-state index < -0.39 is 30.1 Å². The van der Waals surface area contributed by atoms with Crippen molar-refractivity contribution in [3.63, 3.8) is 0 Å². The molecule has 0 aliphatic rings. The smallest absolute Gasteiger partial charge is 0.319 e. The Bertz CT molecular complexity index is 7440. The van der Waals surface area contributed by atoms with Gasteiger partial charge in [-0.2, -0.15) is 26.3 Å². The van der Waals surface area contributed by atoms with E-state index in [1.54, 1.807) is 61.5 Å². The van der Waals surface area contributed by atoms with Gasteiger partial charge < -0.3 is 44.1 Å². The molecule has 5 aromatic heterocycles. The number of alkyl halides is 1. The van der Waals surface area contributed by atoms with Gasteiger partial charge in [0, 0.05) is 165 Å². The highest BCUT2D eigenvalue weighted by Gasteiger charge is 2.27. The van der Waals surface area contributed by atoms with E-state index in [1.165, 1.54) is 0 Å². The topological polar surface area (TPSA) is 364 Å². The van der Waals surface area contributed by atoms with Gasteiger partial charge in [-0.3, -0.25) is 14.2 Å². The number of anilines is 5. The molecule has 0 atom stereocenters. The van der Waals surface area contributed by atoms with Crippen molar-refractivity contribution in [3.8, 4) is 86.6 Å². The van der Waals surface area contributed by atoms with Crippen LogP contribution in [0.2, 0.25) is 25.1 Å². The van der Waals surface area contributed by atoms with Crippen molar-refractivity contribution in [2.45, 2.75) is 134 Å². The summed E-state index contributed by atoms with van der Waals surface area (Å²) in [6.07, 6.45) is 5.20. The van der Waals surface area contributed by atoms with Crippen LogP contribution in [0.3, 0.4) is 0 Å². The molecule has 0 saturated heterocycles. The van der Waals surface area contributed by atoms with Crippen LogP contribution in [-0.4, -0.2) is 96.9 Å². The summed E-state index contributed by atoms with van der Waals surface area (Å²) in [6.45, 7) is 25.3. The van der Waals surface area contributed by atoms with Crippen molar-refractivity contribution in [3.05, 3.63) is 265 Å². The molecule has 4 amide bonds. The Kier molecular flexibility index (Phi) is 37.1. The molecule has 10 aromatic carbocycles. The number of halogens is 6. The molecule has 0 radical (unpaired) electrons. The first kappa shape index (κ1) is 106. The highest BCUT2D eigenvalue weighted by atomic mass is 35.5. The van der Waals surface area contributed by atoms with Gasteiger partial charge in [0.05, 0.1) is 74.0 Å². The summed E-state index contributed by atoms with van der Waals surface area (Å²) in [5.41, 5.74) is 18.9. The molecule has 5 heterocycles. The van der Waals surface area contributed by atoms with Crippen LogP contribution in [0, 0.1) is 68.5 Å². The number of benzene rings is 10. The van der Waals surface area contributed by atoms with Gasteiger partial charge in [0.1, 0.15) is 30.3 Å². The minimum Gasteiger partial charge on any atom is -0.340 e. The van der Waals surface area contributed by atoms with E-state index in [9.17, 15) is 61.2 Å². The van der Waals surface area contributed by atoms with Crippen LogP contribution in [0.15, 0.2) is 212 Å². The zero-order valence-corrected chi connectivity index (χ0v) is 85.7. The Labute approximate surface area is 841 Å². The van der Waals surface area contributed by atoms with Gasteiger partial charge in [-0.15, -0.1) is 11.6 Å². The second-order valence-electron chi connectivity index (χ2n) is 33.4. The third-order valence-electron chi connectivity index (χ3n) is 22.6. The van der Waals surface area contributed by atoms with E-state index >= 15 is 0 Å². The number of hydrogen-bond donors (Lipinski definition) is 7. The van der Waals surface area contributed by atoms with E-state index in [0.29, 0.717) is 119 Å². The summed E-state index contributed by atoms with van der Waals surface area (Å²) in [5, 5.41) is 67.3. The van der Waals surface area contributed by atoms with Crippen molar-refractivity contribution < 1.29 is 34.8 Å². The van der Waals surface area contributed by atoms with Crippen molar-refractivity contribution in [2.75, 3.05) is 61.5 Å². The molecule has 0 unspecified atom stereocenters. The third-order valence-corrected chi connectivity index (χ3v) is 27.4. The first-order valence-corrected chi connectivity index (χ1v) is 52.9. The Hall–Kier alpha value is -13.1. The van der Waals surface area contributed by atoms with Gasteiger partial charge in [0.25, 0.3) is 0 Å². The van der Waals surface area contributed by atoms with Crippen LogP contribution < -0.4 is 35.4 Å². The lowest BCUT2D eigenvalue weighted by molar-refractivity contribution is 0.251. The molecule has 25 nitrogen and oxygen atoms in total. The number of hydrogen-bond acceptors (Lipinski definition) is 13. The first-order chi connectivity index (χ1) is 66.5. The predicted octanol–water partition coefficient (Wildman–Crippen LogP) is 26.9. The Morgan fingerprint density at radius 3 is 0.921 bits per heavy atom. The number of aromatic nitrogens is 5. The SMILES string of the molecule is CC(C)CCn1c(-c2ccc(NS(C)(=O)=O)cc2)c(C#N)c2cc(Cl)ccc21.CCCNC(=O)Nc1ccc(-c2c(C#N)c3cc(Cl)ccc3n2CC)cc1.CCCNC(=O)Nc1ccc(-c2c(C#N)c3cc(Cl)ccc3n2CC)cc1.CCS(=O)(=O)Nc1ccc(-c2c(C#N)c3cc(Cl)ccc3n2CCC(C)C)cc1.CCn1c(-c2cccc(NS(=O)(=O)CCCCl)c2)c(C#N)c2cc(Cl)ccc21. The zero-order valence-electron chi connectivity index (χ0n) is 78.7. The molecular weight excluding hydrogens is 1940 g/mol. The number of amides is 4. The Morgan fingerprint density at radius 1 is 0.353 bits per heavy atom. The van der Waals surface area contributed by atoms with Crippen molar-refractivity contribution in [1.82, 2.24) is 33.5 Å². The van der Waals surface area contributed by atoms with Crippen LogP contribution in [0.4, 0.5) is 38.0 Å². The molecule has 15 rings (SSSR count). The average Bonchev–Trinajstić information content (AvgIpc) is 1.64. The second kappa shape index (κ2) is 48.5. The number of fused-ring (bicyclic) bond motifs is 5. The van der Waals surface area contributed by atoms with E-state index in [-0.39, 0.29) is 29.4 Å². The van der Waals surface area contributed by atoms with E-state index in [2.05, 4.69) is 112 Å². The zero-order chi connectivity index (χ0) is 101. The van der Waals surface area contributed by atoms with Crippen molar-refractivity contribution in [2.24, 2.45) is 11.8 Å². The van der Waals surface area contributed by atoms with Gasteiger partial charge in [-0.25, -0.2) is 34.8 Å². The minimum atomic E-state index is -3.48. The molecule has 0 aliphatic heterocycles. The number of carbonyl (C=O) groups excluding carboxylic acids is 2. The van der Waals surface area contributed by atoms with E-state index in [1.807, 2.05) is 197 Å². The molecule has 0 spiro atoms. The standard InChI is InChI=1S/C22H24ClN3O2S.2C21H21ClN4O.C21H22ClN3O2S.C20H19Cl2N3O2S/c1-4-29(27,28)25-18-8-5-16(6-9-18)22-20(14-24)19-13-17(23)7-10-21(19)26(22)12-11-15(2)3;2*1-3-11-24-21(27)25-16-8-5-14(6-9-16)20-18(13-23)17-12-15(22)7-10-19(17)26(20)4-2;1-14(2)10-11-25-20-9-6-16(22)12-18(20)19(13-23)21(25)15-4-7-17(8-5-15)24-28(3,26)27;1-2-25-19-8-7-15(22)12-17(19)18(13-23)20(25)14-5-3-6-16(11-14)24-28(26,27)10-4-9-21/h5-10,13,15,25H,4,11-12H2,1-3H3;2*5-10,12H,3-4,11H2,1-2H3,(H2,24,25,27);4-9,12,14,24H,10-11H2,1-3H3;3,5-8,11-12,24H,2,4,9-10H2,1H3. The molecule has 0 saturated carbocycles. The Balaban J connectivity index is 0.000000166. The van der Waals surface area contributed by atoms with Crippen LogP contribution in [0.5, 0.6) is 0 Å². The highest BCUT2D eigenvalue weighted by molar-refractivity contribution is 7.93. The number of urea groups is 2. The van der Waals surface area contributed by atoms with Gasteiger partial charge in [-0.05, 0) is 246 Å². The minimum absolute atomic E-state index is 0.0114. The third kappa shape index (κ3) is 26.5. The number of nitrogens with one attached hydrogen (secondary N) is 7. The van der Waals surface area contributed by atoms with Crippen molar-refractivity contribution >= 4 is 195 Å². The lowest BCUT2D eigenvalue weighted by atomic mass is 10.1. The van der Waals surface area contributed by atoms with Crippen LogP contribution in [-0.2, 0) is 62.8 Å². The molecule has 0 fully saturated rings. The highest BCUT2D eigenvalue weighted by Crippen LogP contribution is 2.43. The lowest BCUT2D eigenvalue weighted by Gasteiger charge is -2.14. The summed E-state index contributed by atoms with van der Waals surface area (Å²) < 4.78 is 89.0. The van der Waals surface area contributed by atoms with Crippen LogP contribution in [0.1, 0.15) is 129 Å². The van der Waals surface area contributed by atoms with Crippen molar-refractivity contribution in [1.29, 1.82) is 26.3 Å².